The maximum absolute atomic E-state index is 12.3. The molecule has 1 heterocycles. The molecular weight excluding hydrogens is 388 g/mol. The van der Waals surface area contributed by atoms with Gasteiger partial charge in [0.2, 0.25) is 5.91 Å². The van der Waals surface area contributed by atoms with Gasteiger partial charge in [0.1, 0.15) is 0 Å². The maximum atomic E-state index is 12.3. The average molecular weight is 407 g/mol. The Kier molecular flexibility index (Phi) is 6.04. The number of thiazole rings is 1. The molecule has 0 aliphatic carbocycles. The van der Waals surface area contributed by atoms with Crippen molar-refractivity contribution in [3.05, 3.63) is 70.2 Å². The molecule has 0 saturated carbocycles. The Morgan fingerprint density at radius 3 is 2.38 bits per heavy atom. The Bertz CT molecular complexity index is 1050. The van der Waals surface area contributed by atoms with Crippen LogP contribution in [0.2, 0.25) is 0 Å². The highest BCUT2D eigenvalue weighted by molar-refractivity contribution is 7.14. The number of carboxylic acid groups (broad SMARTS) is 1. The largest absolute Gasteiger partial charge is 0.545 e. The number of aromatic nitrogens is 1. The Labute approximate surface area is 172 Å². The van der Waals surface area contributed by atoms with Crippen LogP contribution in [0.15, 0.2) is 52.9 Å². The lowest BCUT2D eigenvalue weighted by Gasteiger charge is -2.22. The summed E-state index contributed by atoms with van der Waals surface area (Å²) in [5, 5.41) is 17.3. The van der Waals surface area contributed by atoms with Crippen molar-refractivity contribution in [2.45, 2.75) is 20.8 Å². The second kappa shape index (κ2) is 8.66. The minimum atomic E-state index is -1.23. The Hall–Kier alpha value is -3.52. The first-order valence-electron chi connectivity index (χ1n) is 8.79. The van der Waals surface area contributed by atoms with Gasteiger partial charge in [-0.1, -0.05) is 30.3 Å². The van der Waals surface area contributed by atoms with Crippen LogP contribution in [-0.4, -0.2) is 23.1 Å². The molecule has 29 heavy (non-hydrogen) atoms. The first-order chi connectivity index (χ1) is 13.9. The number of hydrogen-bond acceptors (Lipinski definition) is 7. The fraction of sp³-hybridized carbons (Fsp3) is 0.143. The molecule has 1 aromatic heterocycles. The van der Waals surface area contributed by atoms with E-state index in [1.54, 1.807) is 17.0 Å². The Balaban J connectivity index is 1.77. The number of nitrogens with one attached hydrogen (secondary N) is 1. The number of carbonyl (C=O) groups is 2. The normalized spacial score (nSPS) is 10.9. The molecule has 0 spiro atoms. The van der Waals surface area contributed by atoms with E-state index >= 15 is 0 Å². The molecule has 2 aromatic carbocycles. The monoisotopic (exact) mass is 407 g/mol. The van der Waals surface area contributed by atoms with Gasteiger partial charge in [-0.2, -0.15) is 5.10 Å². The molecule has 0 aliphatic rings. The number of anilines is 3. The third-order valence-electron chi connectivity index (χ3n) is 4.19. The summed E-state index contributed by atoms with van der Waals surface area (Å²) in [6.45, 7) is 5.44. The lowest BCUT2D eigenvalue weighted by molar-refractivity contribution is -0.255. The highest BCUT2D eigenvalue weighted by Crippen LogP contribution is 2.33. The van der Waals surface area contributed by atoms with Gasteiger partial charge in [-0.3, -0.25) is 15.1 Å². The fourth-order valence-electron chi connectivity index (χ4n) is 2.84. The maximum Gasteiger partial charge on any atom is 0.230 e. The molecule has 0 bridgehead atoms. The minimum absolute atomic E-state index is 0.0968. The number of rotatable bonds is 6. The van der Waals surface area contributed by atoms with Gasteiger partial charge in [0.15, 0.2) is 5.13 Å². The lowest BCUT2D eigenvalue weighted by atomic mass is 10.1. The molecule has 1 amide bonds. The summed E-state index contributed by atoms with van der Waals surface area (Å²) in [7, 11) is 0. The molecule has 0 unspecified atom stereocenters. The summed E-state index contributed by atoms with van der Waals surface area (Å²) in [5.74, 6) is -1.35. The summed E-state index contributed by atoms with van der Waals surface area (Å²) in [6.07, 6.45) is 1.54. The summed E-state index contributed by atoms with van der Waals surface area (Å²) in [4.78, 5) is 29.2. The van der Waals surface area contributed by atoms with Crippen LogP contribution in [0, 0.1) is 13.8 Å². The Morgan fingerprint density at radius 2 is 1.79 bits per heavy atom. The van der Waals surface area contributed by atoms with Gasteiger partial charge in [0.05, 0.1) is 29.3 Å². The molecule has 3 aromatic rings. The zero-order valence-corrected chi connectivity index (χ0v) is 17.0. The van der Waals surface area contributed by atoms with E-state index in [-0.39, 0.29) is 11.5 Å². The number of hydrogen-bond donors (Lipinski definition) is 1. The number of hydrazone groups is 1. The van der Waals surface area contributed by atoms with E-state index < -0.39 is 5.97 Å². The van der Waals surface area contributed by atoms with Crippen LogP contribution in [0.3, 0.4) is 0 Å². The van der Waals surface area contributed by atoms with Crippen LogP contribution in [0.1, 0.15) is 34.1 Å². The summed E-state index contributed by atoms with van der Waals surface area (Å²) >= 11 is 1.35. The standard InChI is InChI=1S/C21H20N4O3S/c1-13-5-4-6-14(2)19(13)25(15(3)26)21-23-18(12-29-21)11-22-24-17-9-7-16(8-10-17)20(27)28/h4-12,24H,1-3H3,(H,27,28)/p-1/b22-11-. The second-order valence-electron chi connectivity index (χ2n) is 6.38. The molecule has 1 N–H and O–H groups in total. The van der Waals surface area contributed by atoms with Crippen molar-refractivity contribution < 1.29 is 14.7 Å². The smallest absolute Gasteiger partial charge is 0.230 e. The van der Waals surface area contributed by atoms with E-state index in [2.05, 4.69) is 15.5 Å². The van der Waals surface area contributed by atoms with Gasteiger partial charge < -0.3 is 9.90 Å². The first-order valence-corrected chi connectivity index (χ1v) is 9.67. The third kappa shape index (κ3) is 4.67. The zero-order valence-electron chi connectivity index (χ0n) is 16.2. The number of aromatic carboxylic acids is 1. The highest BCUT2D eigenvalue weighted by atomic mass is 32.1. The average Bonchev–Trinajstić information content (AvgIpc) is 3.13. The second-order valence-corrected chi connectivity index (χ2v) is 7.22. The van der Waals surface area contributed by atoms with Crippen molar-refractivity contribution in [3.8, 4) is 0 Å². The summed E-state index contributed by atoms with van der Waals surface area (Å²) in [6, 6.07) is 11.9. The van der Waals surface area contributed by atoms with E-state index in [4.69, 9.17) is 0 Å². The first kappa shape index (κ1) is 20.2. The topological polar surface area (TPSA) is 97.7 Å². The molecule has 0 fully saturated rings. The number of amides is 1. The number of nitrogens with zero attached hydrogens (tertiary/aromatic N) is 3. The molecule has 8 heteroatoms. The van der Waals surface area contributed by atoms with Crippen LogP contribution in [0.4, 0.5) is 16.5 Å². The molecule has 0 aliphatic heterocycles. The minimum Gasteiger partial charge on any atom is -0.545 e. The van der Waals surface area contributed by atoms with Gasteiger partial charge in [-0.15, -0.1) is 11.3 Å². The number of aryl methyl sites for hydroxylation is 2. The van der Waals surface area contributed by atoms with Crippen LogP contribution in [0.5, 0.6) is 0 Å². The molecular formula is C21H19N4O3S-. The summed E-state index contributed by atoms with van der Waals surface area (Å²) in [5.41, 5.74) is 6.96. The number of carboxylic acids is 1. The molecule has 7 nitrogen and oxygen atoms in total. The van der Waals surface area contributed by atoms with Gasteiger partial charge in [-0.25, -0.2) is 4.98 Å². The van der Waals surface area contributed by atoms with Crippen molar-refractivity contribution in [2.24, 2.45) is 5.10 Å². The van der Waals surface area contributed by atoms with Crippen LogP contribution < -0.4 is 15.4 Å². The third-order valence-corrected chi connectivity index (χ3v) is 5.03. The van der Waals surface area contributed by atoms with Crippen LogP contribution in [0.25, 0.3) is 0 Å². The van der Waals surface area contributed by atoms with E-state index in [0.717, 1.165) is 16.8 Å². The number of benzene rings is 2. The molecule has 148 valence electrons. The van der Waals surface area contributed by atoms with E-state index in [1.165, 1.54) is 36.6 Å². The van der Waals surface area contributed by atoms with Crippen molar-refractivity contribution in [3.63, 3.8) is 0 Å². The fourth-order valence-corrected chi connectivity index (χ4v) is 3.66. The number of para-hydroxylation sites is 1. The van der Waals surface area contributed by atoms with Gasteiger partial charge >= 0.3 is 0 Å². The molecule has 0 atom stereocenters. The Morgan fingerprint density at radius 1 is 1.14 bits per heavy atom. The van der Waals surface area contributed by atoms with E-state index in [1.807, 2.05) is 37.4 Å². The van der Waals surface area contributed by atoms with Gasteiger partial charge in [-0.05, 0) is 42.7 Å². The predicted octanol–water partition coefficient (Wildman–Crippen LogP) is 3.25. The van der Waals surface area contributed by atoms with E-state index in [0.29, 0.717) is 16.5 Å². The highest BCUT2D eigenvalue weighted by Gasteiger charge is 2.21. The summed E-state index contributed by atoms with van der Waals surface area (Å²) < 4.78 is 0. The molecule has 0 radical (unpaired) electrons. The van der Waals surface area contributed by atoms with Crippen molar-refractivity contribution in [2.75, 3.05) is 10.3 Å². The van der Waals surface area contributed by atoms with Crippen molar-refractivity contribution in [1.29, 1.82) is 0 Å². The SMILES string of the molecule is CC(=O)N(c1nc(/C=N\Nc2ccc(C(=O)[O-])cc2)cs1)c1c(C)cccc1C. The molecule has 3 rings (SSSR count). The molecule has 0 saturated heterocycles. The van der Waals surface area contributed by atoms with E-state index in [9.17, 15) is 14.7 Å². The van der Waals surface area contributed by atoms with Gasteiger partial charge in [0, 0.05) is 12.3 Å². The van der Waals surface area contributed by atoms with Crippen LogP contribution >= 0.6 is 11.3 Å². The lowest BCUT2D eigenvalue weighted by Crippen LogP contribution is -2.24. The zero-order chi connectivity index (χ0) is 21.0. The van der Waals surface area contributed by atoms with Crippen molar-refractivity contribution >= 4 is 45.9 Å². The van der Waals surface area contributed by atoms with Crippen LogP contribution in [-0.2, 0) is 4.79 Å². The van der Waals surface area contributed by atoms with Crippen molar-refractivity contribution in [1.82, 2.24) is 4.98 Å². The number of carbonyl (C=O) groups excluding carboxylic acids is 2. The quantitative estimate of drug-likeness (QED) is 0.500. The van der Waals surface area contributed by atoms with Gasteiger partial charge in [0.25, 0.3) is 0 Å². The predicted molar refractivity (Wildman–Crippen MR) is 113 cm³/mol.